The first-order valence-electron chi connectivity index (χ1n) is 5.33. The number of nitrogens with zero attached hydrogens (tertiary/aromatic N) is 2. The van der Waals surface area contributed by atoms with Gasteiger partial charge in [0.25, 0.3) is 0 Å². The summed E-state index contributed by atoms with van der Waals surface area (Å²) in [5.41, 5.74) is 2.14. The molecule has 0 saturated carbocycles. The van der Waals surface area contributed by atoms with E-state index in [1.807, 2.05) is 30.3 Å². The highest BCUT2D eigenvalue weighted by molar-refractivity contribution is 6.01. The summed E-state index contributed by atoms with van der Waals surface area (Å²) in [6.07, 6.45) is 0.905. The van der Waals surface area contributed by atoms with Crippen LogP contribution in [0.25, 0.3) is 0 Å². The van der Waals surface area contributed by atoms with Crippen molar-refractivity contribution in [3.63, 3.8) is 0 Å². The normalized spacial score (nSPS) is 15.0. The number of aliphatic carboxylic acids is 1. The first-order valence-corrected chi connectivity index (χ1v) is 5.33. The summed E-state index contributed by atoms with van der Waals surface area (Å²) in [4.78, 5) is 10.3. The van der Waals surface area contributed by atoms with Gasteiger partial charge in [-0.05, 0) is 5.56 Å². The van der Waals surface area contributed by atoms with Crippen molar-refractivity contribution in [1.82, 2.24) is 5.01 Å². The van der Waals surface area contributed by atoms with E-state index in [0.717, 1.165) is 24.2 Å². The van der Waals surface area contributed by atoms with E-state index in [9.17, 15) is 9.90 Å². The van der Waals surface area contributed by atoms with E-state index in [1.54, 1.807) is 5.01 Å². The quantitative estimate of drug-likeness (QED) is 0.725. The Bertz CT molecular complexity index is 401. The molecule has 0 N–H and O–H groups in total. The van der Waals surface area contributed by atoms with Crippen molar-refractivity contribution in [2.75, 3.05) is 13.1 Å². The van der Waals surface area contributed by atoms with Crippen LogP contribution in [0, 0.1) is 0 Å². The lowest BCUT2D eigenvalue weighted by Crippen LogP contribution is -2.27. The molecule has 0 fully saturated rings. The summed E-state index contributed by atoms with van der Waals surface area (Å²) in [6.45, 7) is 1.22. The molecule has 0 radical (unpaired) electrons. The van der Waals surface area contributed by atoms with Crippen LogP contribution in [0.3, 0.4) is 0 Å². The van der Waals surface area contributed by atoms with Crippen molar-refractivity contribution >= 4 is 11.7 Å². The number of carboxylic acids is 1. The number of carbonyl (C=O) groups excluding carboxylic acids is 1. The van der Waals surface area contributed by atoms with Crippen LogP contribution in [-0.4, -0.2) is 29.8 Å². The van der Waals surface area contributed by atoms with E-state index >= 15 is 0 Å². The number of hydrogen-bond donors (Lipinski definition) is 0. The molecule has 0 unspecified atom stereocenters. The molecule has 0 spiro atoms. The van der Waals surface area contributed by atoms with Gasteiger partial charge in [-0.15, -0.1) is 0 Å². The first-order chi connectivity index (χ1) is 7.75. The molecule has 0 aromatic heterocycles. The van der Waals surface area contributed by atoms with Crippen LogP contribution in [0.4, 0.5) is 0 Å². The number of hydrogen-bond acceptors (Lipinski definition) is 4. The lowest BCUT2D eigenvalue weighted by atomic mass is 10.1. The van der Waals surface area contributed by atoms with Gasteiger partial charge in [0, 0.05) is 31.9 Å². The molecule has 4 heteroatoms. The van der Waals surface area contributed by atoms with E-state index < -0.39 is 5.97 Å². The van der Waals surface area contributed by atoms with Gasteiger partial charge < -0.3 is 9.90 Å². The fourth-order valence-corrected chi connectivity index (χ4v) is 1.72. The Morgan fingerprint density at radius 1 is 1.38 bits per heavy atom. The summed E-state index contributed by atoms with van der Waals surface area (Å²) < 4.78 is 0. The van der Waals surface area contributed by atoms with Gasteiger partial charge >= 0.3 is 0 Å². The van der Waals surface area contributed by atoms with E-state index in [4.69, 9.17) is 0 Å². The highest BCUT2D eigenvalue weighted by Crippen LogP contribution is 2.13. The van der Waals surface area contributed by atoms with Crippen LogP contribution in [0.2, 0.25) is 0 Å². The monoisotopic (exact) mass is 217 g/mol. The largest absolute Gasteiger partial charge is 0.550 e. The Hall–Kier alpha value is -1.84. The Morgan fingerprint density at radius 3 is 2.81 bits per heavy atom. The second-order valence-electron chi connectivity index (χ2n) is 3.74. The van der Waals surface area contributed by atoms with E-state index in [-0.39, 0.29) is 6.42 Å². The molecule has 84 valence electrons. The molecule has 1 heterocycles. The van der Waals surface area contributed by atoms with Gasteiger partial charge in [-0.3, -0.25) is 5.01 Å². The van der Waals surface area contributed by atoms with Crippen LogP contribution < -0.4 is 5.11 Å². The first kappa shape index (κ1) is 10.7. The zero-order valence-corrected chi connectivity index (χ0v) is 8.93. The maximum atomic E-state index is 10.3. The fraction of sp³-hybridized carbons (Fsp3) is 0.333. The molecule has 0 atom stereocenters. The molecule has 0 bridgehead atoms. The van der Waals surface area contributed by atoms with Crippen LogP contribution in [0.5, 0.6) is 0 Å². The van der Waals surface area contributed by atoms with Crippen molar-refractivity contribution in [2.45, 2.75) is 12.8 Å². The fourth-order valence-electron chi connectivity index (χ4n) is 1.72. The third kappa shape index (κ3) is 2.59. The average Bonchev–Trinajstić information content (AvgIpc) is 2.76. The molecule has 0 aliphatic carbocycles. The summed E-state index contributed by atoms with van der Waals surface area (Å²) in [7, 11) is 0. The maximum absolute atomic E-state index is 10.3. The molecule has 0 amide bonds. The SMILES string of the molecule is O=C([O-])CCN1CCC(c2ccccc2)=N1. The minimum atomic E-state index is -1.02. The highest BCUT2D eigenvalue weighted by atomic mass is 16.4. The predicted molar refractivity (Wildman–Crippen MR) is 58.8 cm³/mol. The molecular formula is C12H13N2O2-. The predicted octanol–water partition coefficient (Wildman–Crippen LogP) is 0.236. The molecule has 2 rings (SSSR count). The molecular weight excluding hydrogens is 204 g/mol. The molecule has 1 aliphatic heterocycles. The topological polar surface area (TPSA) is 55.7 Å². The number of rotatable bonds is 4. The second-order valence-corrected chi connectivity index (χ2v) is 3.74. The van der Waals surface area contributed by atoms with Gasteiger partial charge in [0.15, 0.2) is 0 Å². The Morgan fingerprint density at radius 2 is 2.12 bits per heavy atom. The lowest BCUT2D eigenvalue weighted by molar-refractivity contribution is -0.305. The van der Waals surface area contributed by atoms with Crippen molar-refractivity contribution in [2.24, 2.45) is 5.10 Å². The molecule has 0 saturated heterocycles. The van der Waals surface area contributed by atoms with Gasteiger partial charge in [0.1, 0.15) is 0 Å². The van der Waals surface area contributed by atoms with Gasteiger partial charge in [-0.2, -0.15) is 5.10 Å². The zero-order chi connectivity index (χ0) is 11.4. The third-order valence-electron chi connectivity index (χ3n) is 2.55. The summed E-state index contributed by atoms with van der Waals surface area (Å²) in [5, 5.41) is 16.5. The highest BCUT2D eigenvalue weighted by Gasteiger charge is 2.14. The summed E-state index contributed by atoms with van der Waals surface area (Å²) in [5.74, 6) is -1.02. The van der Waals surface area contributed by atoms with Crippen LogP contribution >= 0.6 is 0 Å². The minimum Gasteiger partial charge on any atom is -0.550 e. The Labute approximate surface area is 94.2 Å². The Balaban J connectivity index is 1.98. The zero-order valence-electron chi connectivity index (χ0n) is 8.93. The van der Waals surface area contributed by atoms with E-state index in [0.29, 0.717) is 6.54 Å². The van der Waals surface area contributed by atoms with Crippen molar-refractivity contribution in [1.29, 1.82) is 0 Å². The third-order valence-corrected chi connectivity index (χ3v) is 2.55. The van der Waals surface area contributed by atoms with Crippen molar-refractivity contribution < 1.29 is 9.90 Å². The van der Waals surface area contributed by atoms with Gasteiger partial charge in [-0.25, -0.2) is 0 Å². The van der Waals surface area contributed by atoms with Crippen molar-refractivity contribution in [3.8, 4) is 0 Å². The average molecular weight is 217 g/mol. The smallest absolute Gasteiger partial charge is 0.0695 e. The van der Waals surface area contributed by atoms with Crippen molar-refractivity contribution in [3.05, 3.63) is 35.9 Å². The standard InChI is InChI=1S/C12H14N2O2/c15-12(16)7-9-14-8-6-11(13-14)10-4-2-1-3-5-10/h1-5H,6-9H2,(H,15,16)/p-1. The van der Waals surface area contributed by atoms with Gasteiger partial charge in [-0.1, -0.05) is 30.3 Å². The van der Waals surface area contributed by atoms with Gasteiger partial charge in [0.2, 0.25) is 0 Å². The van der Waals surface area contributed by atoms with Crippen LogP contribution in [0.15, 0.2) is 35.4 Å². The van der Waals surface area contributed by atoms with Crippen LogP contribution in [-0.2, 0) is 4.79 Å². The number of carboxylic acid groups (broad SMARTS) is 1. The number of hydrazone groups is 1. The lowest BCUT2D eigenvalue weighted by Gasteiger charge is -2.12. The summed E-state index contributed by atoms with van der Waals surface area (Å²) >= 11 is 0. The Kier molecular flexibility index (Phi) is 3.19. The number of carbonyl (C=O) groups is 1. The van der Waals surface area contributed by atoms with E-state index in [2.05, 4.69) is 5.10 Å². The molecule has 16 heavy (non-hydrogen) atoms. The molecule has 1 aromatic carbocycles. The molecule has 1 aromatic rings. The molecule has 4 nitrogen and oxygen atoms in total. The van der Waals surface area contributed by atoms with E-state index in [1.165, 1.54) is 0 Å². The summed E-state index contributed by atoms with van der Waals surface area (Å²) in [6, 6.07) is 9.94. The maximum Gasteiger partial charge on any atom is 0.0695 e. The second kappa shape index (κ2) is 4.79. The van der Waals surface area contributed by atoms with Crippen LogP contribution in [0.1, 0.15) is 18.4 Å². The number of benzene rings is 1. The molecule has 1 aliphatic rings. The minimum absolute atomic E-state index is 0.0333. The van der Waals surface area contributed by atoms with Gasteiger partial charge in [0.05, 0.1) is 5.71 Å².